The number of benzene rings is 1. The highest BCUT2D eigenvalue weighted by Gasteiger charge is 2.23. The van der Waals surface area contributed by atoms with Gasteiger partial charge in [-0.15, -0.1) is 0 Å². The highest BCUT2D eigenvalue weighted by atomic mass is 16.5. The van der Waals surface area contributed by atoms with Crippen LogP contribution in [0.1, 0.15) is 37.3 Å². The summed E-state index contributed by atoms with van der Waals surface area (Å²) in [4.78, 5) is 0. The van der Waals surface area contributed by atoms with E-state index in [4.69, 9.17) is 4.74 Å². The number of aryl methyl sites for hydroxylation is 1. The minimum absolute atomic E-state index is 0.630. The Hall–Kier alpha value is -1.02. The summed E-state index contributed by atoms with van der Waals surface area (Å²) in [7, 11) is 1.72. The normalized spacial score (nSPS) is 16.9. The van der Waals surface area contributed by atoms with Gasteiger partial charge >= 0.3 is 0 Å². The van der Waals surface area contributed by atoms with Crippen molar-refractivity contribution in [3.8, 4) is 5.75 Å². The second-order valence-electron chi connectivity index (χ2n) is 5.26. The molecule has 1 atom stereocenters. The van der Waals surface area contributed by atoms with E-state index in [2.05, 4.69) is 37.4 Å². The zero-order valence-electron chi connectivity index (χ0n) is 11.1. The van der Waals surface area contributed by atoms with Crippen LogP contribution >= 0.6 is 0 Å². The monoisotopic (exact) mass is 233 g/mol. The van der Waals surface area contributed by atoms with Gasteiger partial charge in [0.1, 0.15) is 5.75 Å². The molecule has 2 heteroatoms. The van der Waals surface area contributed by atoms with Crippen molar-refractivity contribution in [3.05, 3.63) is 29.3 Å². The third-order valence-corrected chi connectivity index (χ3v) is 3.50. The van der Waals surface area contributed by atoms with Gasteiger partial charge in [0.2, 0.25) is 0 Å². The van der Waals surface area contributed by atoms with Crippen molar-refractivity contribution in [1.82, 2.24) is 5.32 Å². The first-order valence-corrected chi connectivity index (χ1v) is 6.56. The fourth-order valence-electron chi connectivity index (χ4n) is 2.28. The molecule has 17 heavy (non-hydrogen) atoms. The van der Waals surface area contributed by atoms with Crippen molar-refractivity contribution in [1.29, 1.82) is 0 Å². The Morgan fingerprint density at radius 2 is 2.18 bits per heavy atom. The molecular formula is C15H23NO. The van der Waals surface area contributed by atoms with Crippen molar-refractivity contribution in [2.24, 2.45) is 5.92 Å². The Bertz CT molecular complexity index is 371. The summed E-state index contributed by atoms with van der Waals surface area (Å²) in [6.45, 7) is 5.34. The molecule has 1 aromatic carbocycles. The Morgan fingerprint density at radius 3 is 2.76 bits per heavy atom. The SMILES string of the molecule is COc1ccc(CNC(C)CC2CC2)cc1C. The minimum atomic E-state index is 0.630. The van der Waals surface area contributed by atoms with Gasteiger partial charge in [0, 0.05) is 12.6 Å². The van der Waals surface area contributed by atoms with Gasteiger partial charge < -0.3 is 10.1 Å². The molecule has 2 nitrogen and oxygen atoms in total. The van der Waals surface area contributed by atoms with Gasteiger partial charge in [-0.05, 0) is 43.4 Å². The summed E-state index contributed by atoms with van der Waals surface area (Å²) < 4.78 is 5.27. The smallest absolute Gasteiger partial charge is 0.121 e. The fourth-order valence-corrected chi connectivity index (χ4v) is 2.28. The van der Waals surface area contributed by atoms with Crippen molar-refractivity contribution in [2.75, 3.05) is 7.11 Å². The Morgan fingerprint density at radius 1 is 1.41 bits per heavy atom. The third kappa shape index (κ3) is 3.74. The second-order valence-corrected chi connectivity index (χ2v) is 5.26. The highest BCUT2D eigenvalue weighted by Crippen LogP contribution is 2.33. The molecule has 1 aromatic rings. The summed E-state index contributed by atoms with van der Waals surface area (Å²) in [5.41, 5.74) is 2.55. The van der Waals surface area contributed by atoms with Crippen molar-refractivity contribution < 1.29 is 4.74 Å². The summed E-state index contributed by atoms with van der Waals surface area (Å²) in [6.07, 6.45) is 4.20. The van der Waals surface area contributed by atoms with E-state index in [-0.39, 0.29) is 0 Å². The molecule has 0 bridgehead atoms. The molecule has 0 amide bonds. The predicted octanol–water partition coefficient (Wildman–Crippen LogP) is 3.28. The van der Waals surface area contributed by atoms with Gasteiger partial charge in [-0.3, -0.25) is 0 Å². The standard InChI is InChI=1S/C15H23NO/c1-11-8-14(6-7-15(11)17-3)10-16-12(2)9-13-4-5-13/h6-8,12-13,16H,4-5,9-10H2,1-3H3. The van der Waals surface area contributed by atoms with Gasteiger partial charge in [0.15, 0.2) is 0 Å². The van der Waals surface area contributed by atoms with E-state index < -0.39 is 0 Å². The average molecular weight is 233 g/mol. The van der Waals surface area contributed by atoms with E-state index in [0.717, 1.165) is 18.2 Å². The highest BCUT2D eigenvalue weighted by molar-refractivity contribution is 5.36. The topological polar surface area (TPSA) is 21.3 Å². The summed E-state index contributed by atoms with van der Waals surface area (Å²) in [5, 5.41) is 3.59. The first-order valence-electron chi connectivity index (χ1n) is 6.56. The van der Waals surface area contributed by atoms with Crippen LogP contribution in [0.3, 0.4) is 0 Å². The molecular weight excluding hydrogens is 210 g/mol. The molecule has 1 unspecified atom stereocenters. The minimum Gasteiger partial charge on any atom is -0.496 e. The second kappa shape index (κ2) is 5.54. The van der Waals surface area contributed by atoms with Crippen LogP contribution in [-0.2, 0) is 6.54 Å². The molecule has 0 heterocycles. The Labute approximate surface area is 104 Å². The predicted molar refractivity (Wildman–Crippen MR) is 71.4 cm³/mol. The molecule has 0 aromatic heterocycles. The average Bonchev–Trinajstić information content (AvgIpc) is 3.10. The molecule has 1 aliphatic rings. The van der Waals surface area contributed by atoms with Crippen LogP contribution < -0.4 is 10.1 Å². The van der Waals surface area contributed by atoms with Crippen LogP contribution in [0, 0.1) is 12.8 Å². The quantitative estimate of drug-likeness (QED) is 0.814. The van der Waals surface area contributed by atoms with E-state index in [1.54, 1.807) is 7.11 Å². The van der Waals surface area contributed by atoms with Crippen molar-refractivity contribution in [2.45, 2.75) is 45.7 Å². The maximum absolute atomic E-state index is 5.27. The van der Waals surface area contributed by atoms with Crippen LogP contribution in [-0.4, -0.2) is 13.2 Å². The number of ether oxygens (including phenoxy) is 1. The van der Waals surface area contributed by atoms with Crippen molar-refractivity contribution in [3.63, 3.8) is 0 Å². The summed E-state index contributed by atoms with van der Waals surface area (Å²) >= 11 is 0. The summed E-state index contributed by atoms with van der Waals surface area (Å²) in [6, 6.07) is 7.03. The van der Waals surface area contributed by atoms with E-state index in [0.29, 0.717) is 6.04 Å². The van der Waals surface area contributed by atoms with Crippen LogP contribution in [0.4, 0.5) is 0 Å². The lowest BCUT2D eigenvalue weighted by Crippen LogP contribution is -2.25. The number of rotatable bonds is 6. The van der Waals surface area contributed by atoms with Gasteiger partial charge in [-0.25, -0.2) is 0 Å². The lowest BCUT2D eigenvalue weighted by molar-refractivity contribution is 0.411. The molecule has 0 radical (unpaired) electrons. The largest absolute Gasteiger partial charge is 0.496 e. The van der Waals surface area contributed by atoms with Crippen LogP contribution in [0.25, 0.3) is 0 Å². The molecule has 0 spiro atoms. The van der Waals surface area contributed by atoms with E-state index in [1.165, 1.54) is 30.4 Å². The zero-order valence-corrected chi connectivity index (χ0v) is 11.1. The molecule has 94 valence electrons. The first-order chi connectivity index (χ1) is 8.19. The summed E-state index contributed by atoms with van der Waals surface area (Å²) in [5.74, 6) is 1.97. The van der Waals surface area contributed by atoms with Gasteiger partial charge in [-0.2, -0.15) is 0 Å². The molecule has 0 saturated heterocycles. The van der Waals surface area contributed by atoms with E-state index >= 15 is 0 Å². The number of hydrogen-bond acceptors (Lipinski definition) is 2. The molecule has 1 fully saturated rings. The lowest BCUT2D eigenvalue weighted by atomic mass is 10.1. The lowest BCUT2D eigenvalue weighted by Gasteiger charge is -2.14. The van der Waals surface area contributed by atoms with Gasteiger partial charge in [-0.1, -0.05) is 25.0 Å². The van der Waals surface area contributed by atoms with E-state index in [9.17, 15) is 0 Å². The van der Waals surface area contributed by atoms with Crippen molar-refractivity contribution >= 4 is 0 Å². The van der Waals surface area contributed by atoms with Crippen LogP contribution in [0.5, 0.6) is 5.75 Å². The van der Waals surface area contributed by atoms with Crippen LogP contribution in [0.2, 0.25) is 0 Å². The van der Waals surface area contributed by atoms with Gasteiger partial charge in [0.25, 0.3) is 0 Å². The number of hydrogen-bond donors (Lipinski definition) is 1. The molecule has 0 aliphatic heterocycles. The number of methoxy groups -OCH3 is 1. The molecule has 1 aliphatic carbocycles. The number of nitrogens with one attached hydrogen (secondary N) is 1. The first kappa shape index (κ1) is 12.4. The Kier molecular flexibility index (Phi) is 4.06. The van der Waals surface area contributed by atoms with E-state index in [1.807, 2.05) is 0 Å². The fraction of sp³-hybridized carbons (Fsp3) is 0.600. The zero-order chi connectivity index (χ0) is 12.3. The van der Waals surface area contributed by atoms with Gasteiger partial charge in [0.05, 0.1) is 7.11 Å². The maximum Gasteiger partial charge on any atom is 0.121 e. The maximum atomic E-state index is 5.27. The van der Waals surface area contributed by atoms with Crippen LogP contribution in [0.15, 0.2) is 18.2 Å². The Balaban J connectivity index is 1.83. The molecule has 1 saturated carbocycles. The third-order valence-electron chi connectivity index (χ3n) is 3.50. The molecule has 1 N–H and O–H groups in total. The molecule has 2 rings (SSSR count).